The van der Waals surface area contributed by atoms with Crippen molar-refractivity contribution in [1.29, 1.82) is 0 Å². The van der Waals surface area contributed by atoms with Gasteiger partial charge in [0.25, 0.3) is 5.91 Å². The summed E-state index contributed by atoms with van der Waals surface area (Å²) < 4.78 is 0. The van der Waals surface area contributed by atoms with E-state index in [2.05, 4.69) is 10.6 Å². The van der Waals surface area contributed by atoms with E-state index in [1.165, 1.54) is 4.90 Å². The van der Waals surface area contributed by atoms with Crippen LogP contribution in [0.5, 0.6) is 0 Å². The summed E-state index contributed by atoms with van der Waals surface area (Å²) in [5.41, 5.74) is 4.65. The molecule has 0 aromatic rings. The summed E-state index contributed by atoms with van der Waals surface area (Å²) in [4.78, 5) is 36.9. The fourth-order valence-electron chi connectivity index (χ4n) is 2.83. The number of carbonyl (C=O) groups excluding carboxylic acids is 3. The lowest BCUT2D eigenvalue weighted by Crippen LogP contribution is -2.44. The highest BCUT2D eigenvalue weighted by atomic mass is 35.5. The number of amides is 4. The lowest BCUT2D eigenvalue weighted by Gasteiger charge is -2.19. The van der Waals surface area contributed by atoms with Gasteiger partial charge in [0.05, 0.1) is 0 Å². The van der Waals surface area contributed by atoms with Gasteiger partial charge in [-0.05, 0) is 25.8 Å². The topological polar surface area (TPSA) is 105 Å². The maximum absolute atomic E-state index is 12.3. The van der Waals surface area contributed by atoms with Gasteiger partial charge in [0, 0.05) is 19.5 Å². The average molecular weight is 319 g/mol. The molecule has 0 atom stereocenters. The van der Waals surface area contributed by atoms with Crippen molar-refractivity contribution in [2.24, 2.45) is 5.73 Å². The average Bonchev–Trinajstić information content (AvgIpc) is 2.96. The number of halogens is 1. The number of rotatable bonds is 6. The Morgan fingerprint density at radius 3 is 2.62 bits per heavy atom. The molecule has 0 unspecified atom stereocenters. The molecule has 8 heteroatoms. The van der Waals surface area contributed by atoms with Gasteiger partial charge >= 0.3 is 6.03 Å². The fourth-order valence-corrected chi connectivity index (χ4v) is 2.83. The van der Waals surface area contributed by atoms with Gasteiger partial charge in [0.2, 0.25) is 5.91 Å². The van der Waals surface area contributed by atoms with Crippen molar-refractivity contribution in [2.45, 2.75) is 44.1 Å². The van der Waals surface area contributed by atoms with Crippen molar-refractivity contribution in [3.8, 4) is 0 Å². The molecule has 0 aromatic carbocycles. The molecule has 4 N–H and O–H groups in total. The Balaban J connectivity index is 0.00000220. The summed E-state index contributed by atoms with van der Waals surface area (Å²) >= 11 is 0. The number of nitrogens with two attached hydrogens (primary N) is 1. The molecular formula is C13H23ClN4O3. The second-order valence-electron chi connectivity index (χ2n) is 5.42. The zero-order valence-corrected chi connectivity index (χ0v) is 12.8. The van der Waals surface area contributed by atoms with E-state index >= 15 is 0 Å². The van der Waals surface area contributed by atoms with E-state index in [1.54, 1.807) is 0 Å². The van der Waals surface area contributed by atoms with E-state index in [0.29, 0.717) is 25.9 Å². The lowest BCUT2D eigenvalue weighted by atomic mass is 9.98. The van der Waals surface area contributed by atoms with E-state index in [1.807, 2.05) is 0 Å². The normalized spacial score (nSPS) is 19.6. The molecule has 1 saturated heterocycles. The van der Waals surface area contributed by atoms with Crippen LogP contribution in [0.2, 0.25) is 0 Å². The van der Waals surface area contributed by atoms with Crippen LogP contribution in [-0.2, 0) is 9.59 Å². The number of hydrogen-bond donors (Lipinski definition) is 3. The Morgan fingerprint density at radius 1 is 1.33 bits per heavy atom. The molecule has 1 aliphatic carbocycles. The number of imide groups is 1. The van der Waals surface area contributed by atoms with Crippen LogP contribution < -0.4 is 16.4 Å². The van der Waals surface area contributed by atoms with Gasteiger partial charge in [-0.1, -0.05) is 12.8 Å². The third-order valence-corrected chi connectivity index (χ3v) is 3.97. The Bertz CT molecular complexity index is 410. The molecular weight excluding hydrogens is 296 g/mol. The number of nitrogens with one attached hydrogen (secondary N) is 2. The van der Waals surface area contributed by atoms with Gasteiger partial charge in [-0.25, -0.2) is 4.79 Å². The van der Waals surface area contributed by atoms with Crippen LogP contribution in [0, 0.1) is 0 Å². The molecule has 1 aliphatic heterocycles. The van der Waals surface area contributed by atoms with E-state index in [9.17, 15) is 14.4 Å². The van der Waals surface area contributed by atoms with Crippen LogP contribution in [0.15, 0.2) is 0 Å². The largest absolute Gasteiger partial charge is 0.356 e. The van der Waals surface area contributed by atoms with Crippen molar-refractivity contribution < 1.29 is 14.4 Å². The van der Waals surface area contributed by atoms with Gasteiger partial charge in [0.1, 0.15) is 5.54 Å². The van der Waals surface area contributed by atoms with Crippen molar-refractivity contribution >= 4 is 30.3 Å². The van der Waals surface area contributed by atoms with Gasteiger partial charge < -0.3 is 16.4 Å². The van der Waals surface area contributed by atoms with Gasteiger partial charge in [0.15, 0.2) is 0 Å². The van der Waals surface area contributed by atoms with Gasteiger partial charge in [-0.2, -0.15) is 0 Å². The highest BCUT2D eigenvalue weighted by Gasteiger charge is 2.52. The summed E-state index contributed by atoms with van der Waals surface area (Å²) in [6, 6.07) is -0.369. The smallest absolute Gasteiger partial charge is 0.325 e. The quantitative estimate of drug-likeness (QED) is 0.478. The number of hydrogen-bond acceptors (Lipinski definition) is 4. The van der Waals surface area contributed by atoms with E-state index < -0.39 is 5.54 Å². The predicted octanol–water partition coefficient (Wildman–Crippen LogP) is 0.128. The number of nitrogens with zero attached hydrogens (tertiary/aromatic N) is 1. The second kappa shape index (κ2) is 7.61. The molecule has 21 heavy (non-hydrogen) atoms. The molecule has 120 valence electrons. The first kappa shape index (κ1) is 17.7. The molecule has 4 amide bonds. The van der Waals surface area contributed by atoms with Crippen LogP contribution in [0.4, 0.5) is 4.79 Å². The molecule has 2 rings (SSSR count). The Labute approximate surface area is 130 Å². The van der Waals surface area contributed by atoms with Crippen LogP contribution in [0.1, 0.15) is 38.5 Å². The summed E-state index contributed by atoms with van der Waals surface area (Å²) in [6.07, 6.45) is 4.18. The van der Waals surface area contributed by atoms with E-state index in [-0.39, 0.29) is 43.2 Å². The third kappa shape index (κ3) is 3.85. The minimum Gasteiger partial charge on any atom is -0.356 e. The predicted molar refractivity (Wildman–Crippen MR) is 80.0 cm³/mol. The summed E-state index contributed by atoms with van der Waals surface area (Å²) in [6.45, 7) is 1.19. The van der Waals surface area contributed by atoms with Crippen LogP contribution in [0.3, 0.4) is 0 Å². The van der Waals surface area contributed by atoms with Gasteiger partial charge in [-0.3, -0.25) is 14.5 Å². The molecule has 7 nitrogen and oxygen atoms in total. The Hall–Kier alpha value is -1.34. The van der Waals surface area contributed by atoms with E-state index in [0.717, 1.165) is 19.3 Å². The van der Waals surface area contributed by atoms with Crippen molar-refractivity contribution in [1.82, 2.24) is 15.5 Å². The Kier molecular flexibility index (Phi) is 6.42. The van der Waals surface area contributed by atoms with Crippen molar-refractivity contribution in [3.63, 3.8) is 0 Å². The summed E-state index contributed by atoms with van der Waals surface area (Å²) in [5, 5.41) is 5.50. The summed E-state index contributed by atoms with van der Waals surface area (Å²) in [7, 11) is 0. The first-order valence-corrected chi connectivity index (χ1v) is 7.20. The third-order valence-electron chi connectivity index (χ3n) is 3.97. The molecule has 1 spiro atoms. The second-order valence-corrected chi connectivity index (χ2v) is 5.42. The van der Waals surface area contributed by atoms with Crippen LogP contribution in [-0.4, -0.2) is 47.9 Å². The minimum atomic E-state index is -0.687. The number of carbonyl (C=O) groups is 3. The van der Waals surface area contributed by atoms with Crippen LogP contribution >= 0.6 is 12.4 Å². The zero-order valence-electron chi connectivity index (χ0n) is 12.0. The monoisotopic (exact) mass is 318 g/mol. The Morgan fingerprint density at radius 2 is 2.00 bits per heavy atom. The highest BCUT2D eigenvalue weighted by molar-refractivity contribution is 6.07. The highest BCUT2D eigenvalue weighted by Crippen LogP contribution is 2.34. The van der Waals surface area contributed by atoms with Gasteiger partial charge in [-0.15, -0.1) is 12.4 Å². The number of urea groups is 1. The molecule has 1 saturated carbocycles. The first-order valence-electron chi connectivity index (χ1n) is 7.20. The first-order chi connectivity index (χ1) is 9.59. The lowest BCUT2D eigenvalue weighted by molar-refractivity contribution is -0.131. The minimum absolute atomic E-state index is 0. The molecule has 1 heterocycles. The SMILES string of the molecule is Cl.NCCCNC(=O)CCN1C(=O)NC2(CCCC2)C1=O. The van der Waals surface area contributed by atoms with Crippen LogP contribution in [0.25, 0.3) is 0 Å². The maximum atomic E-state index is 12.3. The van der Waals surface area contributed by atoms with Crippen molar-refractivity contribution in [2.75, 3.05) is 19.6 Å². The molecule has 0 aromatic heterocycles. The zero-order chi connectivity index (χ0) is 14.6. The molecule has 0 bridgehead atoms. The fraction of sp³-hybridized carbons (Fsp3) is 0.769. The molecule has 2 fully saturated rings. The van der Waals surface area contributed by atoms with Crippen molar-refractivity contribution in [3.05, 3.63) is 0 Å². The standard InChI is InChI=1S/C13H22N4O3.ClH/c14-7-3-8-15-10(18)4-9-17-11(19)13(16-12(17)20)5-1-2-6-13;/h1-9,14H2,(H,15,18)(H,16,20);1H. The molecule has 0 radical (unpaired) electrons. The molecule has 2 aliphatic rings. The van der Waals surface area contributed by atoms with E-state index in [4.69, 9.17) is 5.73 Å². The summed E-state index contributed by atoms with van der Waals surface area (Å²) in [5.74, 6) is -0.332. The maximum Gasteiger partial charge on any atom is 0.325 e.